The van der Waals surface area contributed by atoms with Crippen LogP contribution in [-0.2, 0) is 4.84 Å². The Morgan fingerprint density at radius 1 is 1.25 bits per heavy atom. The molecule has 0 radical (unpaired) electrons. The SMILES string of the molecule is Brc1cc2c(cc1C=NOCC1=CCCC=C1)OCO2. The fourth-order valence-electron chi connectivity index (χ4n) is 2.01. The van der Waals surface area contributed by atoms with Crippen LogP contribution in [-0.4, -0.2) is 19.6 Å². The van der Waals surface area contributed by atoms with E-state index in [4.69, 9.17) is 14.3 Å². The Balaban J connectivity index is 1.61. The minimum absolute atomic E-state index is 0.263. The molecule has 0 spiro atoms. The lowest BCUT2D eigenvalue weighted by Crippen LogP contribution is -1.95. The van der Waals surface area contributed by atoms with E-state index in [9.17, 15) is 0 Å². The normalized spacial score (nSPS) is 16.6. The van der Waals surface area contributed by atoms with Gasteiger partial charge in [-0.3, -0.25) is 0 Å². The summed E-state index contributed by atoms with van der Waals surface area (Å²) >= 11 is 3.47. The second-order valence-electron chi connectivity index (χ2n) is 4.49. The van der Waals surface area contributed by atoms with Gasteiger partial charge >= 0.3 is 0 Å². The summed E-state index contributed by atoms with van der Waals surface area (Å²) in [5, 5.41) is 4.00. The number of rotatable bonds is 4. The first-order valence-corrected chi connectivity index (χ1v) is 7.22. The van der Waals surface area contributed by atoms with E-state index >= 15 is 0 Å². The van der Waals surface area contributed by atoms with E-state index < -0.39 is 0 Å². The van der Waals surface area contributed by atoms with Crippen LogP contribution in [0, 0.1) is 0 Å². The summed E-state index contributed by atoms with van der Waals surface area (Å²) in [6.07, 6.45) is 10.3. The zero-order valence-corrected chi connectivity index (χ0v) is 12.4. The molecule has 0 atom stereocenters. The first-order chi connectivity index (χ1) is 9.83. The number of benzene rings is 1. The lowest BCUT2D eigenvalue weighted by molar-refractivity contribution is 0.171. The Hall–Kier alpha value is -1.75. The highest BCUT2D eigenvalue weighted by molar-refractivity contribution is 9.10. The number of nitrogens with zero attached hydrogens (tertiary/aromatic N) is 1. The monoisotopic (exact) mass is 335 g/mol. The zero-order chi connectivity index (χ0) is 13.8. The second-order valence-corrected chi connectivity index (χ2v) is 5.35. The van der Waals surface area contributed by atoms with Crippen molar-refractivity contribution in [3.8, 4) is 11.5 Å². The van der Waals surface area contributed by atoms with Crippen molar-refractivity contribution in [2.75, 3.05) is 13.4 Å². The molecule has 0 unspecified atom stereocenters. The molecule has 1 aliphatic heterocycles. The van der Waals surface area contributed by atoms with Gasteiger partial charge in [-0.1, -0.05) is 23.4 Å². The number of oxime groups is 1. The van der Waals surface area contributed by atoms with Gasteiger partial charge in [0.1, 0.15) is 6.61 Å². The summed E-state index contributed by atoms with van der Waals surface area (Å²) in [6.45, 7) is 0.758. The Kier molecular flexibility index (Phi) is 4.06. The number of fused-ring (bicyclic) bond motifs is 1. The first-order valence-electron chi connectivity index (χ1n) is 6.43. The molecule has 4 nitrogen and oxygen atoms in total. The Morgan fingerprint density at radius 2 is 2.10 bits per heavy atom. The van der Waals surface area contributed by atoms with Crippen molar-refractivity contribution in [1.29, 1.82) is 0 Å². The number of hydrogen-bond acceptors (Lipinski definition) is 4. The molecule has 0 saturated heterocycles. The number of hydrogen-bond donors (Lipinski definition) is 0. The summed E-state index contributed by atoms with van der Waals surface area (Å²) in [4.78, 5) is 5.31. The van der Waals surface area contributed by atoms with Gasteiger partial charge in [-0.15, -0.1) is 0 Å². The molecule has 0 N–H and O–H groups in total. The van der Waals surface area contributed by atoms with E-state index in [1.165, 1.54) is 0 Å². The minimum atomic E-state index is 0.263. The Labute approximate surface area is 125 Å². The van der Waals surface area contributed by atoms with Crippen molar-refractivity contribution in [3.05, 3.63) is 46.0 Å². The smallest absolute Gasteiger partial charge is 0.231 e. The average molecular weight is 336 g/mol. The highest BCUT2D eigenvalue weighted by Gasteiger charge is 2.15. The van der Waals surface area contributed by atoms with Crippen molar-refractivity contribution < 1.29 is 14.3 Å². The van der Waals surface area contributed by atoms with Crippen LogP contribution in [0.3, 0.4) is 0 Å². The number of halogens is 1. The average Bonchev–Trinajstić information content (AvgIpc) is 2.91. The van der Waals surface area contributed by atoms with E-state index in [-0.39, 0.29) is 6.79 Å². The standard InChI is InChI=1S/C15H14BrNO3/c16-13-7-15-14(18-10-19-15)6-12(13)8-17-20-9-11-4-2-1-3-5-11/h2,4-8H,1,3,9-10H2. The summed E-state index contributed by atoms with van der Waals surface area (Å²) in [6, 6.07) is 3.75. The van der Waals surface area contributed by atoms with E-state index in [0.717, 1.165) is 39.9 Å². The number of ether oxygens (including phenoxy) is 2. The van der Waals surface area contributed by atoms with Gasteiger partial charge in [0, 0.05) is 10.0 Å². The van der Waals surface area contributed by atoms with Crippen molar-refractivity contribution in [2.45, 2.75) is 12.8 Å². The van der Waals surface area contributed by atoms with Crippen molar-refractivity contribution in [3.63, 3.8) is 0 Å². The third-order valence-electron chi connectivity index (χ3n) is 3.06. The minimum Gasteiger partial charge on any atom is -0.454 e. The van der Waals surface area contributed by atoms with Gasteiger partial charge in [0.15, 0.2) is 11.5 Å². The van der Waals surface area contributed by atoms with Crippen LogP contribution in [0.2, 0.25) is 0 Å². The molecule has 0 bridgehead atoms. The Bertz CT molecular complexity index is 593. The molecular weight excluding hydrogens is 322 g/mol. The van der Waals surface area contributed by atoms with Crippen LogP contribution in [0.4, 0.5) is 0 Å². The maximum Gasteiger partial charge on any atom is 0.231 e. The van der Waals surface area contributed by atoms with Crippen LogP contribution in [0.5, 0.6) is 11.5 Å². The van der Waals surface area contributed by atoms with Crippen LogP contribution in [0.25, 0.3) is 0 Å². The van der Waals surface area contributed by atoms with Crippen LogP contribution in [0.15, 0.2) is 45.6 Å². The van der Waals surface area contributed by atoms with Crippen LogP contribution in [0.1, 0.15) is 18.4 Å². The van der Waals surface area contributed by atoms with Crippen LogP contribution < -0.4 is 9.47 Å². The number of allylic oxidation sites excluding steroid dienone is 2. The fraction of sp³-hybridized carbons (Fsp3) is 0.267. The van der Waals surface area contributed by atoms with Gasteiger partial charge in [0.05, 0.1) is 6.21 Å². The predicted molar refractivity (Wildman–Crippen MR) is 80.3 cm³/mol. The molecule has 5 heteroatoms. The van der Waals surface area contributed by atoms with Crippen molar-refractivity contribution in [2.24, 2.45) is 5.16 Å². The molecule has 1 aliphatic carbocycles. The van der Waals surface area contributed by atoms with Gasteiger partial charge in [-0.2, -0.15) is 0 Å². The third kappa shape index (κ3) is 3.04. The van der Waals surface area contributed by atoms with Crippen LogP contribution >= 0.6 is 15.9 Å². The first kappa shape index (κ1) is 13.2. The predicted octanol–water partition coefficient (Wildman–Crippen LogP) is 3.80. The van der Waals surface area contributed by atoms with Crippen molar-refractivity contribution >= 4 is 22.1 Å². The summed E-state index contributed by atoms with van der Waals surface area (Å²) in [7, 11) is 0. The molecule has 1 aromatic rings. The molecule has 0 aromatic heterocycles. The Morgan fingerprint density at radius 3 is 2.90 bits per heavy atom. The van der Waals surface area contributed by atoms with E-state index in [1.54, 1.807) is 6.21 Å². The van der Waals surface area contributed by atoms with Gasteiger partial charge in [0.2, 0.25) is 6.79 Å². The molecular formula is C15H14BrNO3. The third-order valence-corrected chi connectivity index (χ3v) is 3.75. The molecule has 104 valence electrons. The lowest BCUT2D eigenvalue weighted by Gasteiger charge is -2.05. The molecule has 20 heavy (non-hydrogen) atoms. The van der Waals surface area contributed by atoms with Gasteiger partial charge < -0.3 is 14.3 Å². The largest absolute Gasteiger partial charge is 0.454 e. The summed E-state index contributed by atoms with van der Waals surface area (Å²) in [5.41, 5.74) is 2.06. The summed E-state index contributed by atoms with van der Waals surface area (Å²) < 4.78 is 11.5. The molecule has 2 aliphatic rings. The highest BCUT2D eigenvalue weighted by atomic mass is 79.9. The van der Waals surface area contributed by atoms with E-state index in [0.29, 0.717) is 6.61 Å². The molecule has 0 amide bonds. The summed E-state index contributed by atoms with van der Waals surface area (Å²) in [5.74, 6) is 1.47. The molecule has 1 heterocycles. The molecule has 0 fully saturated rings. The maximum absolute atomic E-state index is 5.33. The highest BCUT2D eigenvalue weighted by Crippen LogP contribution is 2.36. The van der Waals surface area contributed by atoms with Gasteiger partial charge in [-0.25, -0.2) is 0 Å². The molecule has 3 rings (SSSR count). The maximum atomic E-state index is 5.33. The van der Waals surface area contributed by atoms with E-state index in [2.05, 4.69) is 39.3 Å². The zero-order valence-electron chi connectivity index (χ0n) is 10.8. The molecule has 0 saturated carbocycles. The fourth-order valence-corrected chi connectivity index (χ4v) is 2.44. The van der Waals surface area contributed by atoms with Gasteiger partial charge in [0.25, 0.3) is 0 Å². The van der Waals surface area contributed by atoms with Crippen molar-refractivity contribution in [1.82, 2.24) is 0 Å². The van der Waals surface area contributed by atoms with E-state index in [1.807, 2.05) is 12.1 Å². The topological polar surface area (TPSA) is 40.0 Å². The molecule has 1 aromatic carbocycles. The lowest BCUT2D eigenvalue weighted by atomic mass is 10.1. The second kappa shape index (κ2) is 6.13. The van der Waals surface area contributed by atoms with Gasteiger partial charge in [-0.05, 0) is 46.5 Å². The quantitative estimate of drug-likeness (QED) is 0.620.